The van der Waals surface area contributed by atoms with Gasteiger partial charge < -0.3 is 16.0 Å². The summed E-state index contributed by atoms with van der Waals surface area (Å²) < 4.78 is 0. The van der Waals surface area contributed by atoms with Crippen molar-refractivity contribution in [2.24, 2.45) is 0 Å². The van der Waals surface area contributed by atoms with Gasteiger partial charge in [0.1, 0.15) is 0 Å². The maximum absolute atomic E-state index is 12.0. The van der Waals surface area contributed by atoms with Gasteiger partial charge in [-0.1, -0.05) is 6.07 Å². The third kappa shape index (κ3) is 4.48. The van der Waals surface area contributed by atoms with Gasteiger partial charge in [0, 0.05) is 36.3 Å². The third-order valence-corrected chi connectivity index (χ3v) is 3.23. The number of carbonyl (C=O) groups is 2. The van der Waals surface area contributed by atoms with Crippen molar-refractivity contribution in [2.45, 2.75) is 39.2 Å². The van der Waals surface area contributed by atoms with E-state index in [9.17, 15) is 9.59 Å². The number of fused-ring (bicyclic) bond motifs is 1. The van der Waals surface area contributed by atoms with Crippen molar-refractivity contribution in [1.29, 1.82) is 0 Å². The standard InChI is InChI=1S/C16H23N3O2/c1-16(2,3)19-14(20)7-9-18-15(21)12-5-4-11-6-8-17-13(11)10-12/h4-5,10,17H,6-9H2,1-3H3,(H,18,21)(H,19,20). The van der Waals surface area contributed by atoms with Crippen molar-refractivity contribution in [1.82, 2.24) is 10.6 Å². The first-order valence-corrected chi connectivity index (χ1v) is 7.31. The molecule has 0 saturated carbocycles. The van der Waals surface area contributed by atoms with Crippen LogP contribution in [0.15, 0.2) is 18.2 Å². The first-order valence-electron chi connectivity index (χ1n) is 7.31. The molecule has 5 heteroatoms. The highest BCUT2D eigenvalue weighted by Gasteiger charge is 2.15. The van der Waals surface area contributed by atoms with Gasteiger partial charge >= 0.3 is 0 Å². The summed E-state index contributed by atoms with van der Waals surface area (Å²) in [4.78, 5) is 23.7. The predicted molar refractivity (Wildman–Crippen MR) is 83.5 cm³/mol. The molecule has 0 aliphatic carbocycles. The Morgan fingerprint density at radius 2 is 2.05 bits per heavy atom. The fraction of sp³-hybridized carbons (Fsp3) is 0.500. The highest BCUT2D eigenvalue weighted by atomic mass is 16.2. The van der Waals surface area contributed by atoms with Gasteiger partial charge in [0.2, 0.25) is 5.91 Å². The monoisotopic (exact) mass is 289 g/mol. The van der Waals surface area contributed by atoms with Crippen LogP contribution in [0, 0.1) is 0 Å². The van der Waals surface area contributed by atoms with Gasteiger partial charge in [0.15, 0.2) is 0 Å². The minimum absolute atomic E-state index is 0.0570. The molecular formula is C16H23N3O2. The first kappa shape index (κ1) is 15.4. The average molecular weight is 289 g/mol. The average Bonchev–Trinajstić information content (AvgIpc) is 2.83. The molecule has 0 bridgehead atoms. The summed E-state index contributed by atoms with van der Waals surface area (Å²) in [5.41, 5.74) is 2.66. The number of benzene rings is 1. The van der Waals surface area contributed by atoms with Crippen LogP contribution in [-0.2, 0) is 11.2 Å². The van der Waals surface area contributed by atoms with Crippen LogP contribution in [0.1, 0.15) is 43.1 Å². The molecule has 114 valence electrons. The van der Waals surface area contributed by atoms with E-state index in [4.69, 9.17) is 0 Å². The Bertz CT molecular complexity index is 547. The minimum atomic E-state index is -0.243. The molecule has 1 aliphatic heterocycles. The number of carbonyl (C=O) groups excluding carboxylic acids is 2. The number of nitrogens with one attached hydrogen (secondary N) is 3. The van der Waals surface area contributed by atoms with E-state index >= 15 is 0 Å². The Balaban J connectivity index is 1.81. The number of hydrogen-bond donors (Lipinski definition) is 3. The number of hydrogen-bond acceptors (Lipinski definition) is 3. The second-order valence-electron chi connectivity index (χ2n) is 6.35. The van der Waals surface area contributed by atoms with Crippen LogP contribution in [0.25, 0.3) is 0 Å². The summed E-state index contributed by atoms with van der Waals surface area (Å²) in [5, 5.41) is 8.90. The van der Waals surface area contributed by atoms with Crippen LogP contribution < -0.4 is 16.0 Å². The van der Waals surface area contributed by atoms with E-state index in [-0.39, 0.29) is 23.8 Å². The van der Waals surface area contributed by atoms with Crippen molar-refractivity contribution in [3.63, 3.8) is 0 Å². The van der Waals surface area contributed by atoms with Gasteiger partial charge in [-0.2, -0.15) is 0 Å². The third-order valence-electron chi connectivity index (χ3n) is 3.23. The second-order valence-corrected chi connectivity index (χ2v) is 6.35. The van der Waals surface area contributed by atoms with Crippen molar-refractivity contribution >= 4 is 17.5 Å². The zero-order chi connectivity index (χ0) is 15.5. The Kier molecular flexibility index (Phi) is 4.50. The fourth-order valence-corrected chi connectivity index (χ4v) is 2.30. The molecule has 3 N–H and O–H groups in total. The first-order chi connectivity index (χ1) is 9.85. The SMILES string of the molecule is CC(C)(C)NC(=O)CCNC(=O)c1ccc2c(c1)NCC2. The van der Waals surface area contributed by atoms with Gasteiger partial charge in [-0.15, -0.1) is 0 Å². The van der Waals surface area contributed by atoms with Gasteiger partial charge in [-0.25, -0.2) is 0 Å². The quantitative estimate of drug-likeness (QED) is 0.790. The molecular weight excluding hydrogens is 266 g/mol. The summed E-state index contributed by atoms with van der Waals surface area (Å²) in [5.74, 6) is -0.200. The molecule has 2 rings (SSSR count). The summed E-state index contributed by atoms with van der Waals surface area (Å²) in [6.07, 6.45) is 1.29. The topological polar surface area (TPSA) is 70.2 Å². The Morgan fingerprint density at radius 1 is 1.29 bits per heavy atom. The number of anilines is 1. The molecule has 0 saturated heterocycles. The highest BCUT2D eigenvalue weighted by molar-refractivity contribution is 5.95. The van der Waals surface area contributed by atoms with Gasteiger partial charge in [0.05, 0.1) is 0 Å². The lowest BCUT2D eigenvalue weighted by molar-refractivity contribution is -0.122. The van der Waals surface area contributed by atoms with E-state index in [1.807, 2.05) is 39.0 Å². The van der Waals surface area contributed by atoms with Crippen molar-refractivity contribution in [2.75, 3.05) is 18.4 Å². The largest absolute Gasteiger partial charge is 0.384 e. The summed E-state index contributed by atoms with van der Waals surface area (Å²) in [6, 6.07) is 5.68. The van der Waals surface area contributed by atoms with Gasteiger partial charge in [-0.3, -0.25) is 9.59 Å². The lowest BCUT2D eigenvalue weighted by atomic mass is 10.1. The molecule has 2 amide bonds. The Hall–Kier alpha value is -2.04. The fourth-order valence-electron chi connectivity index (χ4n) is 2.30. The normalized spacial score (nSPS) is 13.3. The molecule has 1 aromatic carbocycles. The van der Waals surface area contributed by atoms with Crippen LogP contribution in [0.4, 0.5) is 5.69 Å². The van der Waals surface area contributed by atoms with Crippen molar-refractivity contribution in [3.05, 3.63) is 29.3 Å². The lowest BCUT2D eigenvalue weighted by Crippen LogP contribution is -2.41. The summed E-state index contributed by atoms with van der Waals surface area (Å²) in [6.45, 7) is 7.06. The molecule has 1 heterocycles. The molecule has 0 unspecified atom stereocenters. The zero-order valence-corrected chi connectivity index (χ0v) is 12.9. The second kappa shape index (κ2) is 6.16. The van der Waals surface area contributed by atoms with Crippen LogP contribution in [0.5, 0.6) is 0 Å². The van der Waals surface area contributed by atoms with E-state index in [1.165, 1.54) is 5.56 Å². The number of amides is 2. The number of rotatable bonds is 4. The molecule has 1 aromatic rings. The zero-order valence-electron chi connectivity index (χ0n) is 12.9. The summed E-state index contributed by atoms with van der Waals surface area (Å²) in [7, 11) is 0. The predicted octanol–water partition coefficient (Wildman–Crippen LogP) is 1.69. The van der Waals surface area contributed by atoms with E-state index < -0.39 is 0 Å². The van der Waals surface area contributed by atoms with Crippen LogP contribution in [0.3, 0.4) is 0 Å². The van der Waals surface area contributed by atoms with Crippen molar-refractivity contribution in [3.8, 4) is 0 Å². The van der Waals surface area contributed by atoms with E-state index in [1.54, 1.807) is 0 Å². The molecule has 0 fully saturated rings. The highest BCUT2D eigenvalue weighted by Crippen LogP contribution is 2.23. The molecule has 21 heavy (non-hydrogen) atoms. The smallest absolute Gasteiger partial charge is 0.251 e. The molecule has 5 nitrogen and oxygen atoms in total. The van der Waals surface area contributed by atoms with Crippen LogP contribution in [0.2, 0.25) is 0 Å². The molecule has 0 atom stereocenters. The summed E-state index contributed by atoms with van der Waals surface area (Å²) >= 11 is 0. The molecule has 0 radical (unpaired) electrons. The maximum atomic E-state index is 12.0. The Morgan fingerprint density at radius 3 is 2.76 bits per heavy atom. The molecule has 0 aromatic heterocycles. The van der Waals surface area contributed by atoms with Crippen LogP contribution >= 0.6 is 0 Å². The molecule has 0 spiro atoms. The van der Waals surface area contributed by atoms with Crippen molar-refractivity contribution < 1.29 is 9.59 Å². The van der Waals surface area contributed by atoms with E-state index in [0.717, 1.165) is 18.7 Å². The van der Waals surface area contributed by atoms with Gasteiger partial charge in [0.25, 0.3) is 5.91 Å². The minimum Gasteiger partial charge on any atom is -0.384 e. The van der Waals surface area contributed by atoms with Gasteiger partial charge in [-0.05, 0) is 44.9 Å². The Labute approximate surface area is 125 Å². The van der Waals surface area contributed by atoms with Crippen LogP contribution in [-0.4, -0.2) is 30.4 Å². The maximum Gasteiger partial charge on any atom is 0.251 e. The lowest BCUT2D eigenvalue weighted by Gasteiger charge is -2.20. The van der Waals surface area contributed by atoms with E-state index in [2.05, 4.69) is 16.0 Å². The van der Waals surface area contributed by atoms with E-state index in [0.29, 0.717) is 12.1 Å². The molecule has 1 aliphatic rings.